The predicted molar refractivity (Wildman–Crippen MR) is 294 cm³/mol. The van der Waals surface area contributed by atoms with Crippen molar-refractivity contribution < 1.29 is 44.0 Å². The van der Waals surface area contributed by atoms with Crippen LogP contribution in [0.2, 0.25) is 15.2 Å². The van der Waals surface area contributed by atoms with Crippen LogP contribution < -0.4 is 19.7 Å². The number of alkyl halides is 4. The molecule has 10 rings (SSSR count). The Labute approximate surface area is 465 Å². The number of sulfonamides is 2. The lowest BCUT2D eigenvalue weighted by Crippen LogP contribution is -2.39. The fourth-order valence-electron chi connectivity index (χ4n) is 9.46. The molecule has 4 saturated heterocycles. The van der Waals surface area contributed by atoms with Crippen LogP contribution in [0.4, 0.5) is 34.8 Å². The fraction of sp³-hybridized carbons (Fsp3) is 0.469. The predicted octanol–water partition coefficient (Wildman–Crippen LogP) is 10.0. The molecule has 0 saturated carbocycles. The van der Waals surface area contributed by atoms with Crippen molar-refractivity contribution in [1.29, 1.82) is 0 Å². The lowest BCUT2D eigenvalue weighted by atomic mass is 9.98. The van der Waals surface area contributed by atoms with Gasteiger partial charge in [0.15, 0.2) is 11.3 Å². The maximum Gasteiger partial charge on any atom is 0.266 e. The molecule has 0 radical (unpaired) electrons. The van der Waals surface area contributed by atoms with Crippen molar-refractivity contribution in [2.24, 2.45) is 0 Å². The molecule has 77 heavy (non-hydrogen) atoms. The Bertz CT molecular complexity index is 3330. The number of halogens is 8. The van der Waals surface area contributed by atoms with Crippen molar-refractivity contribution in [3.05, 3.63) is 110 Å². The minimum absolute atomic E-state index is 0. The lowest BCUT2D eigenvalue weighted by molar-refractivity contribution is 0.0235. The highest BCUT2D eigenvalue weighted by Gasteiger charge is 2.40. The summed E-state index contributed by atoms with van der Waals surface area (Å²) in [5.74, 6) is -5.32. The van der Waals surface area contributed by atoms with Crippen LogP contribution in [0.1, 0.15) is 114 Å². The van der Waals surface area contributed by atoms with E-state index in [9.17, 15) is 44.0 Å². The van der Waals surface area contributed by atoms with E-state index in [1.165, 1.54) is 30.3 Å². The molecule has 0 aliphatic carbocycles. The molecule has 3 N–H and O–H groups in total. The molecular formula is C49H60Cl4F4N12O6S2. The first kappa shape index (κ1) is 61.0. The lowest BCUT2D eigenvalue weighted by Gasteiger charge is -2.35. The van der Waals surface area contributed by atoms with Gasteiger partial charge in [0.1, 0.15) is 11.0 Å². The first-order valence-electron chi connectivity index (χ1n) is 24.0. The maximum absolute atomic E-state index is 13.8. The van der Waals surface area contributed by atoms with Crippen LogP contribution in [0.5, 0.6) is 0 Å². The number of carbonyl (C=O) groups is 2. The van der Waals surface area contributed by atoms with Crippen LogP contribution in [0, 0.1) is 13.8 Å². The van der Waals surface area contributed by atoms with Gasteiger partial charge in [-0.2, -0.15) is 10.2 Å². The molecule has 4 fully saturated rings. The maximum atomic E-state index is 13.8. The Morgan fingerprint density at radius 2 is 1.16 bits per heavy atom. The van der Waals surface area contributed by atoms with Crippen LogP contribution in [-0.4, -0.2) is 131 Å². The Morgan fingerprint density at radius 3 is 1.57 bits per heavy atom. The van der Waals surface area contributed by atoms with Gasteiger partial charge >= 0.3 is 0 Å². The number of hydrogen-bond donors (Lipinski definition) is 3. The number of nitrogens with one attached hydrogen (secondary N) is 3. The quantitative estimate of drug-likeness (QED) is 0.0913. The number of nitrogens with zero attached hydrogens (tertiary/aromatic N) is 9. The van der Waals surface area contributed by atoms with Crippen LogP contribution in [0.3, 0.4) is 0 Å². The van der Waals surface area contributed by atoms with Crippen LogP contribution in [0.25, 0.3) is 11.3 Å². The second kappa shape index (κ2) is 24.4. The molecule has 8 heterocycles. The van der Waals surface area contributed by atoms with Crippen molar-refractivity contribution in [2.75, 3.05) is 66.1 Å². The zero-order valence-electron chi connectivity index (χ0n) is 41.7. The summed E-state index contributed by atoms with van der Waals surface area (Å²) in [5, 5.41) is 12.9. The topological polar surface area (TPSA) is 209 Å². The molecule has 4 aliphatic heterocycles. The van der Waals surface area contributed by atoms with E-state index in [4.69, 9.17) is 34.8 Å². The molecule has 420 valence electrons. The number of likely N-dealkylation sites (tertiary alicyclic amines) is 2. The summed E-state index contributed by atoms with van der Waals surface area (Å²) >= 11 is 18.4. The van der Waals surface area contributed by atoms with E-state index < -0.39 is 31.9 Å². The van der Waals surface area contributed by atoms with Crippen molar-refractivity contribution >= 4 is 108 Å². The molecular weight excluding hydrogens is 1130 g/mol. The zero-order chi connectivity index (χ0) is 54.2. The highest BCUT2D eigenvalue weighted by molar-refractivity contribution is 7.92. The number of amides is 2. The Kier molecular flexibility index (Phi) is 19.3. The first-order valence-corrected chi connectivity index (χ1v) is 28.9. The molecule has 2 amide bonds. The van der Waals surface area contributed by atoms with Gasteiger partial charge in [-0.05, 0) is 88.8 Å². The average molecular weight is 1200 g/mol. The molecule has 4 aliphatic rings. The summed E-state index contributed by atoms with van der Waals surface area (Å²) in [4.78, 5) is 41.2. The second-order valence-electron chi connectivity index (χ2n) is 19.2. The first-order chi connectivity index (χ1) is 35.2. The van der Waals surface area contributed by atoms with E-state index in [-0.39, 0.29) is 98.7 Å². The molecule has 18 nitrogen and oxygen atoms in total. The molecule has 2 aromatic carbocycles. The number of rotatable bonds is 9. The highest BCUT2D eigenvalue weighted by Crippen LogP contribution is 2.37. The third kappa shape index (κ3) is 15.1. The van der Waals surface area contributed by atoms with E-state index in [0.29, 0.717) is 69.8 Å². The second-order valence-corrected chi connectivity index (χ2v) is 23.9. The molecule has 4 aromatic heterocycles. The van der Waals surface area contributed by atoms with Crippen molar-refractivity contribution in [3.8, 4) is 0 Å². The van der Waals surface area contributed by atoms with Crippen molar-refractivity contribution in [2.45, 2.75) is 96.6 Å². The molecule has 6 aromatic rings. The summed E-state index contributed by atoms with van der Waals surface area (Å²) in [6, 6.07) is 11.9. The van der Waals surface area contributed by atoms with E-state index >= 15 is 0 Å². The number of piperidine rings is 2. The highest BCUT2D eigenvalue weighted by atomic mass is 35.5. The van der Waals surface area contributed by atoms with Gasteiger partial charge in [0, 0.05) is 84.7 Å². The van der Waals surface area contributed by atoms with Crippen molar-refractivity contribution in [1.82, 2.24) is 44.3 Å². The monoisotopic (exact) mass is 1190 g/mol. The van der Waals surface area contributed by atoms with Gasteiger partial charge in [-0.3, -0.25) is 19.0 Å². The smallest absolute Gasteiger partial charge is 0.266 e. The van der Waals surface area contributed by atoms with Gasteiger partial charge in [0.2, 0.25) is 20.0 Å². The molecule has 2 atom stereocenters. The summed E-state index contributed by atoms with van der Waals surface area (Å²) < 4.78 is 107. The Hall–Kier alpha value is -5.24. The molecule has 0 unspecified atom stereocenters. The summed E-state index contributed by atoms with van der Waals surface area (Å²) in [6.07, 6.45) is 10.3. The summed E-state index contributed by atoms with van der Waals surface area (Å²) in [5.41, 5.74) is 4.68. The van der Waals surface area contributed by atoms with Gasteiger partial charge in [0.05, 0.1) is 71.6 Å². The minimum Gasteiger partial charge on any atom is -0.350 e. The summed E-state index contributed by atoms with van der Waals surface area (Å²) in [6.45, 7) is 4.84. The fourth-order valence-corrected chi connectivity index (χ4v) is 11.1. The average Bonchev–Trinajstić information content (AvgIpc) is 4.14. The number of benzene rings is 2. The minimum atomic E-state index is -3.62. The number of aromatic nitrogens is 6. The van der Waals surface area contributed by atoms with E-state index in [0.717, 1.165) is 55.7 Å². The van der Waals surface area contributed by atoms with Gasteiger partial charge in [-0.1, -0.05) is 42.2 Å². The van der Waals surface area contributed by atoms with Crippen LogP contribution in [-0.2, 0) is 20.0 Å². The standard InChI is InChI=1S/C24H27ClF2N6O3S.C20H21Cl2N5O3S.C4H7F2N.CH4.ClH/c1-15-13-33-21(28-22(15)31-10-8-24(26,27)14-31)12-19(29-33)20-5-3-4-9-32(20)23(34)17-11-16(25)6-7-18(17)30-37(2,35)36;1-12-11-27-18(23-19(12)22)10-16(24-27)17-5-3-4-8-26(17)20(28)14-9-13(21)6-7-15(14)25-31(2,29)30;5-4(6)1-2-7-3-4;;/h6-7,11-13,20,30H,3-5,8-10,14H2,1-2H3;6-7,9-11,17,25H,3-5,8H2,1-2H3;7H,1-3H2;1H4;1H/t20-;17-;;;/m00.../s1. The van der Waals surface area contributed by atoms with Gasteiger partial charge in [0.25, 0.3) is 23.7 Å². The Balaban J connectivity index is 0.000000218. The zero-order valence-corrected chi connectivity index (χ0v) is 46.4. The largest absolute Gasteiger partial charge is 0.350 e. The van der Waals surface area contributed by atoms with E-state index in [2.05, 4.69) is 34.9 Å². The number of anilines is 3. The molecule has 0 spiro atoms. The summed E-state index contributed by atoms with van der Waals surface area (Å²) in [7, 11) is -7.19. The van der Waals surface area contributed by atoms with Gasteiger partial charge in [-0.25, -0.2) is 53.4 Å². The Morgan fingerprint density at radius 1 is 0.675 bits per heavy atom. The third-order valence-electron chi connectivity index (χ3n) is 13.0. The van der Waals surface area contributed by atoms with Gasteiger partial charge < -0.3 is 20.0 Å². The molecule has 28 heteroatoms. The van der Waals surface area contributed by atoms with E-state index in [1.54, 1.807) is 48.3 Å². The number of carbonyl (C=O) groups excluding carboxylic acids is 2. The number of fused-ring (bicyclic) bond motifs is 2. The SMILES string of the molecule is C.Cc1cn2nc([C@@H]3CCCCN3C(=O)c3cc(Cl)ccc3NS(C)(=O)=O)cc2nc1Cl.Cc1cn2nc([C@@H]3CCCCN3C(=O)c3cc(Cl)ccc3NS(C)(=O)=O)cc2nc1N1CCC(F)(F)C1.Cl.FC1(F)CCNC1. The van der Waals surface area contributed by atoms with Gasteiger partial charge in [-0.15, -0.1) is 12.4 Å². The number of hydrogen-bond acceptors (Lipinski definition) is 12. The van der Waals surface area contributed by atoms with E-state index in [1.807, 2.05) is 19.9 Å². The third-order valence-corrected chi connectivity index (χ3v) is 15.0. The number of aryl methyl sites for hydroxylation is 2. The normalized spacial score (nSPS) is 19.1. The molecule has 0 bridgehead atoms. The van der Waals surface area contributed by atoms with Crippen molar-refractivity contribution in [3.63, 3.8) is 0 Å². The van der Waals surface area contributed by atoms with Crippen LogP contribution >= 0.6 is 47.2 Å². The van der Waals surface area contributed by atoms with Crippen LogP contribution in [0.15, 0.2) is 60.9 Å².